The number of nitrogens with zero attached hydrogens (tertiary/aromatic N) is 2. The van der Waals surface area contributed by atoms with Crippen molar-refractivity contribution in [2.24, 2.45) is 0 Å². The molecule has 3 rings (SSSR count). The number of benzene rings is 1. The fourth-order valence-electron chi connectivity index (χ4n) is 2.99. The van der Waals surface area contributed by atoms with E-state index >= 15 is 0 Å². The average molecular weight is 389 g/mol. The van der Waals surface area contributed by atoms with Crippen molar-refractivity contribution >= 4 is 17.6 Å². The summed E-state index contributed by atoms with van der Waals surface area (Å²) in [5.74, 6) is -0.311. The minimum atomic E-state index is -1.10. The highest BCUT2D eigenvalue weighted by molar-refractivity contribution is 6.30. The maximum absolute atomic E-state index is 11.2. The van der Waals surface area contributed by atoms with Gasteiger partial charge in [-0.05, 0) is 23.6 Å². The topological polar surface area (TPSA) is 88.5 Å². The normalized spacial score (nSPS) is 11.1. The van der Waals surface area contributed by atoms with Crippen LogP contribution in [0, 0.1) is 0 Å². The molecule has 2 N–H and O–H groups in total. The van der Waals surface area contributed by atoms with Crippen LogP contribution in [0.25, 0.3) is 11.1 Å². The minimum absolute atomic E-state index is 0.0742. The monoisotopic (exact) mass is 388 g/mol. The fourth-order valence-corrected chi connectivity index (χ4v) is 3.25. The first-order chi connectivity index (χ1) is 13.0. The third kappa shape index (κ3) is 4.07. The van der Waals surface area contributed by atoms with E-state index < -0.39 is 5.97 Å². The molecule has 0 bridgehead atoms. The van der Waals surface area contributed by atoms with Crippen LogP contribution < -0.4 is 0 Å². The number of unbranched alkanes of at least 4 members (excludes halogenated alkanes) is 1. The molecule has 0 amide bonds. The Morgan fingerprint density at radius 1 is 1.26 bits per heavy atom. The Hall–Kier alpha value is -2.57. The zero-order valence-corrected chi connectivity index (χ0v) is 15.7. The molecule has 142 valence electrons. The molecule has 0 unspecified atom stereocenters. The first-order valence-electron chi connectivity index (χ1n) is 8.79. The molecule has 0 aliphatic carbocycles. The number of carbonyl (C=O) groups is 1. The molecule has 0 atom stereocenters. The van der Waals surface area contributed by atoms with Gasteiger partial charge in [0.15, 0.2) is 0 Å². The summed E-state index contributed by atoms with van der Waals surface area (Å²) in [6.07, 6.45) is 4.21. The van der Waals surface area contributed by atoms with E-state index in [1.54, 1.807) is 6.07 Å². The smallest absolute Gasteiger partial charge is 0.372 e. The predicted molar refractivity (Wildman–Crippen MR) is 102 cm³/mol. The van der Waals surface area contributed by atoms with Gasteiger partial charge in [-0.2, -0.15) is 0 Å². The number of rotatable bonds is 8. The number of aliphatic hydroxyl groups excluding tert-OH is 1. The van der Waals surface area contributed by atoms with E-state index in [1.165, 1.54) is 6.26 Å². The van der Waals surface area contributed by atoms with E-state index in [0.717, 1.165) is 36.2 Å². The lowest BCUT2D eigenvalue weighted by atomic mass is 10.0. The minimum Gasteiger partial charge on any atom is -0.475 e. The second kappa shape index (κ2) is 8.41. The number of imidazole rings is 1. The van der Waals surface area contributed by atoms with Crippen molar-refractivity contribution in [2.45, 2.75) is 39.3 Å². The van der Waals surface area contributed by atoms with E-state index in [2.05, 4.69) is 11.9 Å². The maximum Gasteiger partial charge on any atom is 0.372 e. The number of carboxylic acid groups (broad SMARTS) is 1. The van der Waals surface area contributed by atoms with Gasteiger partial charge in [-0.1, -0.05) is 49.2 Å². The maximum atomic E-state index is 11.2. The molecule has 0 fully saturated rings. The lowest BCUT2D eigenvalue weighted by Gasteiger charge is -2.10. The Balaban J connectivity index is 1.86. The Morgan fingerprint density at radius 3 is 2.63 bits per heavy atom. The average Bonchev–Trinajstić information content (AvgIpc) is 3.27. The Kier molecular flexibility index (Phi) is 5.98. The van der Waals surface area contributed by atoms with E-state index in [-0.39, 0.29) is 12.4 Å². The first kappa shape index (κ1) is 19.2. The fraction of sp³-hybridized carbons (Fsp3) is 0.300. The number of hydrogen-bond acceptors (Lipinski definition) is 4. The third-order valence-corrected chi connectivity index (χ3v) is 4.84. The Morgan fingerprint density at radius 2 is 2.00 bits per heavy atom. The number of aromatic carboxylic acids is 1. The molecule has 6 nitrogen and oxygen atoms in total. The van der Waals surface area contributed by atoms with Gasteiger partial charge in [-0.25, -0.2) is 9.78 Å². The van der Waals surface area contributed by atoms with E-state index in [0.29, 0.717) is 23.0 Å². The zero-order valence-electron chi connectivity index (χ0n) is 15.0. The summed E-state index contributed by atoms with van der Waals surface area (Å²) in [5.41, 5.74) is 2.80. The lowest BCUT2D eigenvalue weighted by Crippen LogP contribution is -2.05. The van der Waals surface area contributed by atoms with Gasteiger partial charge < -0.3 is 19.2 Å². The van der Waals surface area contributed by atoms with Crippen molar-refractivity contribution in [3.05, 3.63) is 64.6 Å². The van der Waals surface area contributed by atoms with Crippen molar-refractivity contribution < 1.29 is 19.4 Å². The molecule has 0 aliphatic heterocycles. The molecule has 0 spiro atoms. The molecule has 27 heavy (non-hydrogen) atoms. The highest BCUT2D eigenvalue weighted by Crippen LogP contribution is 2.26. The molecule has 2 aromatic heterocycles. The van der Waals surface area contributed by atoms with Crippen LogP contribution in [0.3, 0.4) is 0 Å². The molecule has 0 saturated heterocycles. The summed E-state index contributed by atoms with van der Waals surface area (Å²) in [7, 11) is 0. The molecular formula is C20H21ClN2O4. The molecule has 7 heteroatoms. The molecule has 1 aromatic carbocycles. The van der Waals surface area contributed by atoms with Crippen LogP contribution in [0.4, 0.5) is 0 Å². The Labute approximate surface area is 162 Å². The quantitative estimate of drug-likeness (QED) is 0.597. The van der Waals surface area contributed by atoms with Crippen LogP contribution in [-0.2, 0) is 19.6 Å². The molecule has 0 aliphatic rings. The number of furan rings is 1. The number of aliphatic hydroxyl groups is 1. The number of halogens is 1. The molecule has 2 heterocycles. The van der Waals surface area contributed by atoms with Crippen molar-refractivity contribution in [1.29, 1.82) is 0 Å². The van der Waals surface area contributed by atoms with Gasteiger partial charge in [0.25, 0.3) is 0 Å². The van der Waals surface area contributed by atoms with Crippen LogP contribution in [-0.4, -0.2) is 25.7 Å². The van der Waals surface area contributed by atoms with Crippen LogP contribution in [0.2, 0.25) is 5.15 Å². The van der Waals surface area contributed by atoms with Crippen LogP contribution >= 0.6 is 11.6 Å². The van der Waals surface area contributed by atoms with Gasteiger partial charge in [0.2, 0.25) is 5.76 Å². The van der Waals surface area contributed by atoms with Crippen LogP contribution in [0.15, 0.2) is 41.0 Å². The summed E-state index contributed by atoms with van der Waals surface area (Å²) < 4.78 is 6.95. The third-order valence-electron chi connectivity index (χ3n) is 4.42. The van der Waals surface area contributed by atoms with Gasteiger partial charge in [0.1, 0.15) is 16.7 Å². The van der Waals surface area contributed by atoms with Gasteiger partial charge in [0, 0.05) is 12.0 Å². The second-order valence-electron chi connectivity index (χ2n) is 6.28. The van der Waals surface area contributed by atoms with Crippen LogP contribution in [0.5, 0.6) is 0 Å². The standard InChI is InChI=1S/C20H21ClN2O4/c1-2-3-4-17-22-16(12-24)19(21)23(17)11-13-5-7-14(8-6-13)15-9-10-27-18(15)20(25)26/h5-10,24H,2-4,11-12H2,1H3,(H,25,26). The molecule has 3 aromatic rings. The first-order valence-corrected chi connectivity index (χ1v) is 9.17. The van der Waals surface area contributed by atoms with Gasteiger partial charge in [-0.3, -0.25) is 0 Å². The van der Waals surface area contributed by atoms with Crippen molar-refractivity contribution in [2.75, 3.05) is 0 Å². The largest absolute Gasteiger partial charge is 0.475 e. The molecular weight excluding hydrogens is 368 g/mol. The van der Waals surface area contributed by atoms with Crippen molar-refractivity contribution in [3.8, 4) is 11.1 Å². The molecule has 0 saturated carbocycles. The molecule has 0 radical (unpaired) electrons. The number of carboxylic acids is 1. The Bertz CT molecular complexity index is 928. The summed E-state index contributed by atoms with van der Waals surface area (Å²) in [5, 5.41) is 19.1. The number of hydrogen-bond donors (Lipinski definition) is 2. The lowest BCUT2D eigenvalue weighted by molar-refractivity contribution is 0.0663. The van der Waals surface area contributed by atoms with Gasteiger partial charge in [-0.15, -0.1) is 0 Å². The van der Waals surface area contributed by atoms with Crippen molar-refractivity contribution in [1.82, 2.24) is 9.55 Å². The van der Waals surface area contributed by atoms with E-state index in [4.69, 9.17) is 16.0 Å². The summed E-state index contributed by atoms with van der Waals surface area (Å²) in [6, 6.07) is 9.20. The van der Waals surface area contributed by atoms with Crippen LogP contribution in [0.1, 0.15) is 47.4 Å². The highest BCUT2D eigenvalue weighted by Gasteiger charge is 2.17. The predicted octanol–water partition coefficient (Wildman–Crippen LogP) is 4.38. The zero-order chi connectivity index (χ0) is 19.4. The number of aryl methyl sites for hydroxylation is 1. The summed E-state index contributed by atoms with van der Waals surface area (Å²) >= 11 is 6.39. The van der Waals surface area contributed by atoms with Gasteiger partial charge in [0.05, 0.1) is 19.4 Å². The summed E-state index contributed by atoms with van der Waals surface area (Å²) in [4.78, 5) is 15.7. The van der Waals surface area contributed by atoms with E-state index in [1.807, 2.05) is 28.8 Å². The second-order valence-corrected chi connectivity index (χ2v) is 6.64. The van der Waals surface area contributed by atoms with Crippen molar-refractivity contribution in [3.63, 3.8) is 0 Å². The SMILES string of the molecule is CCCCc1nc(CO)c(Cl)n1Cc1ccc(-c2ccoc2C(=O)O)cc1. The highest BCUT2D eigenvalue weighted by atomic mass is 35.5. The van der Waals surface area contributed by atoms with E-state index in [9.17, 15) is 15.0 Å². The van der Waals surface area contributed by atoms with Gasteiger partial charge >= 0.3 is 5.97 Å². The summed E-state index contributed by atoms with van der Waals surface area (Å²) in [6.45, 7) is 2.45. The number of aromatic nitrogens is 2.